The molecule has 128 valence electrons. The van der Waals surface area contributed by atoms with E-state index in [2.05, 4.69) is 57.5 Å². The zero-order chi connectivity index (χ0) is 15.7. The highest BCUT2D eigenvalue weighted by Gasteiger charge is 2.12. The van der Waals surface area contributed by atoms with Crippen molar-refractivity contribution < 1.29 is 4.74 Å². The summed E-state index contributed by atoms with van der Waals surface area (Å²) in [6, 6.07) is 4.17. The Labute approximate surface area is 163 Å². The maximum absolute atomic E-state index is 5.75. The standard InChI is InChI=1S/C15H26BrN3OS.HI/c1-5-20-13(11(2)3)8-9-18-15(17-4)19-10-12-6-7-14(16)21-12;/h6-7,11,13H,5,8-10H2,1-4H3,(H2,17,18,19);1H. The molecule has 0 aliphatic carbocycles. The number of hydrogen-bond acceptors (Lipinski definition) is 3. The molecule has 0 spiro atoms. The molecule has 0 radical (unpaired) electrons. The third kappa shape index (κ3) is 8.69. The summed E-state index contributed by atoms with van der Waals surface area (Å²) in [5.74, 6) is 1.36. The van der Waals surface area contributed by atoms with Gasteiger partial charge in [-0.05, 0) is 47.3 Å². The van der Waals surface area contributed by atoms with E-state index in [1.807, 2.05) is 6.92 Å². The van der Waals surface area contributed by atoms with E-state index >= 15 is 0 Å². The van der Waals surface area contributed by atoms with E-state index in [9.17, 15) is 0 Å². The zero-order valence-electron chi connectivity index (χ0n) is 13.7. The van der Waals surface area contributed by atoms with Crippen LogP contribution in [0.4, 0.5) is 0 Å². The first-order chi connectivity index (χ1) is 10.1. The molecule has 7 heteroatoms. The number of aliphatic imine (C=N–C) groups is 1. The second-order valence-corrected chi connectivity index (χ2v) is 7.63. The lowest BCUT2D eigenvalue weighted by Crippen LogP contribution is -2.38. The van der Waals surface area contributed by atoms with E-state index in [0.717, 1.165) is 35.9 Å². The molecule has 1 rings (SSSR count). The van der Waals surface area contributed by atoms with Crippen LogP contribution in [0.1, 0.15) is 32.1 Å². The Hall–Kier alpha value is 0.140. The second kappa shape index (κ2) is 12.5. The molecule has 1 aromatic rings. The number of nitrogens with one attached hydrogen (secondary N) is 2. The van der Waals surface area contributed by atoms with Gasteiger partial charge in [-0.25, -0.2) is 0 Å². The Morgan fingerprint density at radius 3 is 2.59 bits per heavy atom. The summed E-state index contributed by atoms with van der Waals surface area (Å²) in [5.41, 5.74) is 0. The molecule has 1 heterocycles. The van der Waals surface area contributed by atoms with E-state index in [1.54, 1.807) is 18.4 Å². The molecular formula is C15H27BrIN3OS. The minimum atomic E-state index is 0. The van der Waals surface area contributed by atoms with Crippen molar-refractivity contribution in [2.45, 2.75) is 39.8 Å². The smallest absolute Gasteiger partial charge is 0.191 e. The summed E-state index contributed by atoms with van der Waals surface area (Å²) < 4.78 is 6.90. The van der Waals surface area contributed by atoms with Gasteiger partial charge >= 0.3 is 0 Å². The first kappa shape index (κ1) is 22.1. The molecule has 0 aliphatic rings. The zero-order valence-corrected chi connectivity index (χ0v) is 18.4. The lowest BCUT2D eigenvalue weighted by molar-refractivity contribution is 0.0258. The van der Waals surface area contributed by atoms with Crippen molar-refractivity contribution in [1.29, 1.82) is 0 Å². The number of guanidine groups is 1. The third-order valence-electron chi connectivity index (χ3n) is 3.13. The van der Waals surface area contributed by atoms with Gasteiger partial charge < -0.3 is 15.4 Å². The van der Waals surface area contributed by atoms with Crippen LogP contribution in [0.5, 0.6) is 0 Å². The molecule has 0 aromatic carbocycles. The molecule has 0 bridgehead atoms. The molecule has 1 aromatic heterocycles. The molecule has 22 heavy (non-hydrogen) atoms. The number of nitrogens with zero attached hydrogens (tertiary/aromatic N) is 1. The van der Waals surface area contributed by atoms with E-state index < -0.39 is 0 Å². The SMILES string of the molecule is CCOC(CCNC(=NC)NCc1ccc(Br)s1)C(C)C.I. The number of halogens is 2. The molecule has 0 amide bonds. The molecular weight excluding hydrogens is 477 g/mol. The molecule has 1 unspecified atom stereocenters. The van der Waals surface area contributed by atoms with Gasteiger partial charge in [0.25, 0.3) is 0 Å². The van der Waals surface area contributed by atoms with Gasteiger partial charge in [-0.1, -0.05) is 13.8 Å². The average Bonchev–Trinajstić information content (AvgIpc) is 2.86. The van der Waals surface area contributed by atoms with Gasteiger partial charge in [-0.2, -0.15) is 0 Å². The number of hydrogen-bond donors (Lipinski definition) is 2. The van der Waals surface area contributed by atoms with Crippen molar-refractivity contribution in [3.63, 3.8) is 0 Å². The van der Waals surface area contributed by atoms with Gasteiger partial charge in [-0.3, -0.25) is 4.99 Å². The highest BCUT2D eigenvalue weighted by Crippen LogP contribution is 2.21. The largest absolute Gasteiger partial charge is 0.378 e. The maximum Gasteiger partial charge on any atom is 0.191 e. The highest BCUT2D eigenvalue weighted by molar-refractivity contribution is 14.0. The van der Waals surface area contributed by atoms with Crippen LogP contribution in [-0.2, 0) is 11.3 Å². The van der Waals surface area contributed by atoms with Crippen molar-refractivity contribution in [2.24, 2.45) is 10.9 Å². The van der Waals surface area contributed by atoms with Gasteiger partial charge in [0.15, 0.2) is 5.96 Å². The quantitative estimate of drug-likeness (QED) is 0.317. The minimum Gasteiger partial charge on any atom is -0.378 e. The fourth-order valence-corrected chi connectivity index (χ4v) is 3.42. The summed E-state index contributed by atoms with van der Waals surface area (Å²) in [6.07, 6.45) is 1.28. The van der Waals surface area contributed by atoms with Crippen LogP contribution < -0.4 is 10.6 Å². The highest BCUT2D eigenvalue weighted by atomic mass is 127. The Balaban J connectivity index is 0.00000441. The molecule has 2 N–H and O–H groups in total. The summed E-state index contributed by atoms with van der Waals surface area (Å²) in [6.45, 7) is 8.85. The topological polar surface area (TPSA) is 45.6 Å². The Kier molecular flexibility index (Phi) is 12.6. The van der Waals surface area contributed by atoms with Crippen LogP contribution in [-0.4, -0.2) is 32.3 Å². The van der Waals surface area contributed by atoms with Gasteiger partial charge in [0.05, 0.1) is 16.4 Å². The normalized spacial score (nSPS) is 12.9. The fraction of sp³-hybridized carbons (Fsp3) is 0.667. The third-order valence-corrected chi connectivity index (χ3v) is 4.75. The maximum atomic E-state index is 5.75. The Morgan fingerprint density at radius 2 is 2.09 bits per heavy atom. The summed E-state index contributed by atoms with van der Waals surface area (Å²) >= 11 is 5.20. The van der Waals surface area contributed by atoms with Crippen LogP contribution in [0, 0.1) is 5.92 Å². The molecule has 0 saturated heterocycles. The fourth-order valence-electron chi connectivity index (χ4n) is 1.99. The van der Waals surface area contributed by atoms with Crippen LogP contribution in [0.15, 0.2) is 20.9 Å². The van der Waals surface area contributed by atoms with Crippen molar-refractivity contribution in [3.05, 3.63) is 20.8 Å². The van der Waals surface area contributed by atoms with Crippen molar-refractivity contribution in [3.8, 4) is 0 Å². The monoisotopic (exact) mass is 503 g/mol. The van der Waals surface area contributed by atoms with Crippen LogP contribution in [0.25, 0.3) is 0 Å². The molecule has 1 atom stereocenters. The van der Waals surface area contributed by atoms with Crippen molar-refractivity contribution in [1.82, 2.24) is 10.6 Å². The van der Waals surface area contributed by atoms with Crippen molar-refractivity contribution in [2.75, 3.05) is 20.2 Å². The Bertz CT molecular complexity index is 440. The number of rotatable bonds is 8. The van der Waals surface area contributed by atoms with Gasteiger partial charge in [-0.15, -0.1) is 35.3 Å². The first-order valence-electron chi connectivity index (χ1n) is 7.37. The number of ether oxygens (including phenoxy) is 1. The molecule has 0 aliphatic heterocycles. The van der Waals surface area contributed by atoms with E-state index in [1.165, 1.54) is 4.88 Å². The van der Waals surface area contributed by atoms with E-state index in [-0.39, 0.29) is 24.0 Å². The average molecular weight is 504 g/mol. The summed E-state index contributed by atoms with van der Waals surface area (Å²) in [5, 5.41) is 6.66. The summed E-state index contributed by atoms with van der Waals surface area (Å²) in [4.78, 5) is 5.52. The van der Waals surface area contributed by atoms with Gasteiger partial charge in [0, 0.05) is 25.1 Å². The molecule has 0 saturated carbocycles. The Morgan fingerprint density at radius 1 is 1.36 bits per heavy atom. The minimum absolute atomic E-state index is 0. The van der Waals surface area contributed by atoms with Crippen molar-refractivity contribution >= 4 is 57.2 Å². The second-order valence-electron chi connectivity index (χ2n) is 5.08. The predicted octanol–water partition coefficient (Wildman–Crippen LogP) is 4.24. The molecule has 0 fully saturated rings. The van der Waals surface area contributed by atoms with Crippen LogP contribution in [0.2, 0.25) is 0 Å². The van der Waals surface area contributed by atoms with Crippen LogP contribution >= 0.6 is 51.2 Å². The first-order valence-corrected chi connectivity index (χ1v) is 8.98. The predicted molar refractivity (Wildman–Crippen MR) is 111 cm³/mol. The lowest BCUT2D eigenvalue weighted by atomic mass is 10.0. The van der Waals surface area contributed by atoms with Gasteiger partial charge in [0.1, 0.15) is 0 Å². The lowest BCUT2D eigenvalue weighted by Gasteiger charge is -2.21. The van der Waals surface area contributed by atoms with Crippen LogP contribution in [0.3, 0.4) is 0 Å². The van der Waals surface area contributed by atoms with E-state index in [4.69, 9.17) is 4.74 Å². The molecule has 4 nitrogen and oxygen atoms in total. The number of thiophene rings is 1. The summed E-state index contributed by atoms with van der Waals surface area (Å²) in [7, 11) is 1.79. The van der Waals surface area contributed by atoms with E-state index in [0.29, 0.717) is 12.0 Å². The van der Waals surface area contributed by atoms with Gasteiger partial charge in [0.2, 0.25) is 0 Å².